The fourth-order valence-corrected chi connectivity index (χ4v) is 2.16. The van der Waals surface area contributed by atoms with Crippen LogP contribution in [0.15, 0.2) is 44.0 Å². The lowest BCUT2D eigenvalue weighted by Crippen LogP contribution is -2.14. The van der Waals surface area contributed by atoms with Crippen LogP contribution in [0.2, 0.25) is 0 Å². The van der Waals surface area contributed by atoms with Gasteiger partial charge in [-0.1, -0.05) is 12.1 Å². The van der Waals surface area contributed by atoms with Crippen LogP contribution in [0.1, 0.15) is 21.9 Å². The molecule has 0 radical (unpaired) electrons. The van der Waals surface area contributed by atoms with E-state index in [0.717, 1.165) is 0 Å². The van der Waals surface area contributed by atoms with Gasteiger partial charge in [-0.05, 0) is 25.1 Å². The maximum atomic E-state index is 11.8. The summed E-state index contributed by atoms with van der Waals surface area (Å²) in [5.41, 5.74) is 1.65. The first-order chi connectivity index (χ1) is 9.56. The molecule has 0 aliphatic heterocycles. The maximum absolute atomic E-state index is 11.8. The summed E-state index contributed by atoms with van der Waals surface area (Å²) in [6, 6.07) is 8.63. The van der Waals surface area contributed by atoms with Gasteiger partial charge in [0.15, 0.2) is 5.58 Å². The van der Waals surface area contributed by atoms with Crippen molar-refractivity contribution >= 4 is 17.1 Å². The summed E-state index contributed by atoms with van der Waals surface area (Å²) in [4.78, 5) is 22.7. The Bertz CT molecular complexity index is 852. The number of aromatic carboxylic acids is 1. The van der Waals surface area contributed by atoms with E-state index in [1.165, 1.54) is 4.57 Å². The van der Waals surface area contributed by atoms with Crippen molar-refractivity contribution in [1.82, 2.24) is 4.57 Å². The van der Waals surface area contributed by atoms with Gasteiger partial charge < -0.3 is 13.9 Å². The van der Waals surface area contributed by atoms with E-state index in [-0.39, 0.29) is 12.3 Å². The van der Waals surface area contributed by atoms with Crippen molar-refractivity contribution in [2.75, 3.05) is 0 Å². The molecule has 0 unspecified atom stereocenters. The van der Waals surface area contributed by atoms with E-state index in [1.807, 2.05) is 0 Å². The molecule has 2 heterocycles. The molecule has 0 atom stereocenters. The molecule has 6 nitrogen and oxygen atoms in total. The molecule has 3 rings (SSSR count). The van der Waals surface area contributed by atoms with Gasteiger partial charge in [0.25, 0.3) is 0 Å². The van der Waals surface area contributed by atoms with Crippen LogP contribution < -0.4 is 5.76 Å². The van der Waals surface area contributed by atoms with Gasteiger partial charge >= 0.3 is 11.7 Å². The molecule has 20 heavy (non-hydrogen) atoms. The fourth-order valence-electron chi connectivity index (χ4n) is 2.16. The molecular formula is C14H11NO5. The first kappa shape index (κ1) is 12.3. The molecule has 0 fully saturated rings. The lowest BCUT2D eigenvalue weighted by Gasteiger charge is -1.98. The minimum atomic E-state index is -1.13. The molecule has 0 aliphatic rings. The predicted molar refractivity (Wildman–Crippen MR) is 70.0 cm³/mol. The van der Waals surface area contributed by atoms with Crippen LogP contribution in [-0.4, -0.2) is 15.6 Å². The molecule has 1 aromatic carbocycles. The first-order valence-corrected chi connectivity index (χ1v) is 5.97. The number of aryl methyl sites for hydroxylation is 1. The number of carbonyl (C=O) groups is 1. The number of benzene rings is 1. The smallest absolute Gasteiger partial charge is 0.420 e. The van der Waals surface area contributed by atoms with Gasteiger partial charge in [0.2, 0.25) is 5.76 Å². The Labute approximate surface area is 112 Å². The Morgan fingerprint density at radius 1 is 1.30 bits per heavy atom. The lowest BCUT2D eigenvalue weighted by molar-refractivity contribution is 0.0659. The molecule has 0 bridgehead atoms. The van der Waals surface area contributed by atoms with E-state index >= 15 is 0 Å². The molecule has 0 spiro atoms. The van der Waals surface area contributed by atoms with Crippen molar-refractivity contribution in [2.24, 2.45) is 0 Å². The first-order valence-electron chi connectivity index (χ1n) is 5.97. The summed E-state index contributed by atoms with van der Waals surface area (Å²) < 4.78 is 11.8. The summed E-state index contributed by atoms with van der Waals surface area (Å²) in [5, 5.41) is 8.95. The Morgan fingerprint density at radius 2 is 2.05 bits per heavy atom. The lowest BCUT2D eigenvalue weighted by atomic mass is 10.2. The van der Waals surface area contributed by atoms with E-state index in [0.29, 0.717) is 22.4 Å². The fraction of sp³-hybridized carbons (Fsp3) is 0.143. The number of aromatic nitrogens is 1. The zero-order valence-corrected chi connectivity index (χ0v) is 10.6. The summed E-state index contributed by atoms with van der Waals surface area (Å²) >= 11 is 0. The molecule has 1 N–H and O–H groups in total. The molecular weight excluding hydrogens is 262 g/mol. The second-order valence-electron chi connectivity index (χ2n) is 4.45. The van der Waals surface area contributed by atoms with E-state index in [1.54, 1.807) is 37.3 Å². The third kappa shape index (κ3) is 1.91. The van der Waals surface area contributed by atoms with Gasteiger partial charge in [-0.2, -0.15) is 0 Å². The Hall–Kier alpha value is -2.76. The molecule has 0 aliphatic carbocycles. The van der Waals surface area contributed by atoms with Crippen LogP contribution in [0, 0.1) is 6.92 Å². The number of para-hydroxylation sites is 2. The highest BCUT2D eigenvalue weighted by molar-refractivity contribution is 5.86. The average Bonchev–Trinajstić information content (AvgIpc) is 2.92. The molecule has 0 saturated heterocycles. The van der Waals surface area contributed by atoms with Crippen molar-refractivity contribution in [3.63, 3.8) is 0 Å². The topological polar surface area (TPSA) is 85.6 Å². The van der Waals surface area contributed by atoms with E-state index in [2.05, 4.69) is 0 Å². The normalized spacial score (nSPS) is 11.1. The van der Waals surface area contributed by atoms with Gasteiger partial charge in [-0.3, -0.25) is 4.57 Å². The van der Waals surface area contributed by atoms with Crippen LogP contribution >= 0.6 is 0 Å². The van der Waals surface area contributed by atoms with E-state index in [9.17, 15) is 9.59 Å². The second kappa shape index (κ2) is 4.41. The second-order valence-corrected chi connectivity index (χ2v) is 4.45. The van der Waals surface area contributed by atoms with Crippen molar-refractivity contribution in [3.05, 3.63) is 58.0 Å². The Balaban J connectivity index is 2.05. The minimum Gasteiger partial charge on any atom is -0.475 e. The quantitative estimate of drug-likeness (QED) is 0.791. The molecule has 3 aromatic rings. The third-order valence-corrected chi connectivity index (χ3v) is 3.05. The zero-order chi connectivity index (χ0) is 14.3. The van der Waals surface area contributed by atoms with Crippen molar-refractivity contribution in [2.45, 2.75) is 13.5 Å². The number of carboxylic acids is 1. The number of oxazole rings is 1. The maximum Gasteiger partial charge on any atom is 0.420 e. The highest BCUT2D eigenvalue weighted by Crippen LogP contribution is 2.18. The summed E-state index contributed by atoms with van der Waals surface area (Å²) in [6.45, 7) is 1.77. The molecule has 6 heteroatoms. The predicted octanol–water partition coefficient (Wildman–Crippen LogP) is 2.24. The highest BCUT2D eigenvalue weighted by Gasteiger charge is 2.16. The molecule has 0 saturated carbocycles. The van der Waals surface area contributed by atoms with Crippen molar-refractivity contribution in [3.8, 4) is 0 Å². The monoisotopic (exact) mass is 273 g/mol. The van der Waals surface area contributed by atoms with Crippen molar-refractivity contribution < 1.29 is 18.7 Å². The molecule has 102 valence electrons. The van der Waals surface area contributed by atoms with E-state index in [4.69, 9.17) is 13.9 Å². The number of rotatable bonds is 3. The standard InChI is InChI=1S/C14H11NO5/c1-8-6-9(19-12(8)13(16)17)7-15-10-4-2-3-5-11(10)20-14(15)18/h2-6H,7H2,1H3,(H,16,17). The zero-order valence-electron chi connectivity index (χ0n) is 10.6. The number of carboxylic acid groups (broad SMARTS) is 1. The molecule has 0 amide bonds. The average molecular weight is 273 g/mol. The third-order valence-electron chi connectivity index (χ3n) is 3.05. The summed E-state index contributed by atoms with van der Waals surface area (Å²) in [7, 11) is 0. The SMILES string of the molecule is Cc1cc(Cn2c(=O)oc3ccccc32)oc1C(=O)O. The largest absolute Gasteiger partial charge is 0.475 e. The van der Waals surface area contributed by atoms with E-state index < -0.39 is 11.7 Å². The number of hydrogen-bond acceptors (Lipinski definition) is 4. The number of hydrogen-bond donors (Lipinski definition) is 1. The van der Waals surface area contributed by atoms with Crippen LogP contribution in [0.3, 0.4) is 0 Å². The van der Waals surface area contributed by atoms with Gasteiger partial charge in [0.05, 0.1) is 12.1 Å². The summed E-state index contributed by atoms with van der Waals surface area (Å²) in [5.74, 6) is -1.34. The van der Waals surface area contributed by atoms with Crippen LogP contribution in [0.25, 0.3) is 11.1 Å². The van der Waals surface area contributed by atoms with Gasteiger partial charge in [0, 0.05) is 5.56 Å². The van der Waals surface area contributed by atoms with Gasteiger partial charge in [0.1, 0.15) is 5.76 Å². The molecule has 2 aromatic heterocycles. The van der Waals surface area contributed by atoms with Crippen molar-refractivity contribution in [1.29, 1.82) is 0 Å². The van der Waals surface area contributed by atoms with Gasteiger partial charge in [-0.15, -0.1) is 0 Å². The van der Waals surface area contributed by atoms with Gasteiger partial charge in [-0.25, -0.2) is 9.59 Å². The number of fused-ring (bicyclic) bond motifs is 1. The Kier molecular flexibility index (Phi) is 2.71. The highest BCUT2D eigenvalue weighted by atomic mass is 16.4. The number of furan rings is 1. The van der Waals surface area contributed by atoms with Crippen LogP contribution in [0.5, 0.6) is 0 Å². The van der Waals surface area contributed by atoms with Crippen LogP contribution in [0.4, 0.5) is 0 Å². The summed E-state index contributed by atoms with van der Waals surface area (Å²) in [6.07, 6.45) is 0. The van der Waals surface area contributed by atoms with Crippen LogP contribution in [-0.2, 0) is 6.54 Å². The Morgan fingerprint density at radius 3 is 2.75 bits per heavy atom. The minimum absolute atomic E-state index is 0.110. The number of nitrogens with zero attached hydrogens (tertiary/aromatic N) is 1.